The van der Waals surface area contributed by atoms with Gasteiger partial charge in [0.1, 0.15) is 0 Å². The van der Waals surface area contributed by atoms with Crippen LogP contribution < -0.4 is 5.32 Å². The molecule has 4 nitrogen and oxygen atoms in total. The molecule has 1 rings (SSSR count). The summed E-state index contributed by atoms with van der Waals surface area (Å²) in [5.74, 6) is -0.381. The van der Waals surface area contributed by atoms with Crippen LogP contribution in [0, 0.1) is 12.5 Å². The molecule has 0 spiro atoms. The molecule has 2 atom stereocenters. The van der Waals surface area contributed by atoms with Crippen molar-refractivity contribution in [1.29, 1.82) is 0 Å². The molecule has 17 heavy (non-hydrogen) atoms. The molecule has 5 heteroatoms. The van der Waals surface area contributed by atoms with Gasteiger partial charge in [0, 0.05) is 39.2 Å². The fraction of sp³-hybridized carbons (Fsp3) is 0.417. The molecule has 1 aromatic carbocycles. The van der Waals surface area contributed by atoms with E-state index in [1.54, 1.807) is 0 Å². The van der Waals surface area contributed by atoms with E-state index in [9.17, 15) is 5.11 Å². The zero-order valence-corrected chi connectivity index (χ0v) is 12.8. The molecule has 0 radical (unpaired) electrons. The first-order valence-corrected chi connectivity index (χ1v) is 5.29. The van der Waals surface area contributed by atoms with Gasteiger partial charge in [0.05, 0.1) is 0 Å². The molecular formula is C12H18NO3Zn-. The maximum absolute atomic E-state index is 9.31. The molecule has 0 aliphatic heterocycles. The second-order valence-corrected chi connectivity index (χ2v) is 3.70. The van der Waals surface area contributed by atoms with Gasteiger partial charge in [-0.3, -0.25) is 0 Å². The van der Waals surface area contributed by atoms with Crippen molar-refractivity contribution in [1.82, 2.24) is 5.32 Å². The summed E-state index contributed by atoms with van der Waals surface area (Å²) in [6, 6.07) is 9.85. The Hall–Kier alpha value is -0.317. The third-order valence-electron chi connectivity index (χ3n) is 2.45. The van der Waals surface area contributed by atoms with E-state index in [1.165, 1.54) is 0 Å². The van der Waals surface area contributed by atoms with Gasteiger partial charge in [0.15, 0.2) is 0 Å². The van der Waals surface area contributed by atoms with Crippen LogP contribution in [0.1, 0.15) is 5.56 Å². The van der Waals surface area contributed by atoms with Crippen molar-refractivity contribution in [2.45, 2.75) is 12.6 Å². The molecule has 0 aromatic heterocycles. The number of hydrogen-bond acceptors (Lipinski definition) is 4. The molecule has 0 heterocycles. The van der Waals surface area contributed by atoms with E-state index in [-0.39, 0.29) is 32.0 Å². The van der Waals surface area contributed by atoms with Gasteiger partial charge in [-0.15, -0.1) is 0 Å². The topological polar surface area (TPSA) is 72.7 Å². The monoisotopic (exact) mass is 288 g/mol. The van der Waals surface area contributed by atoms with E-state index < -0.39 is 6.10 Å². The average molecular weight is 290 g/mol. The van der Waals surface area contributed by atoms with Crippen molar-refractivity contribution < 1.29 is 34.8 Å². The molecular weight excluding hydrogens is 272 g/mol. The maximum atomic E-state index is 9.31. The van der Waals surface area contributed by atoms with Gasteiger partial charge in [-0.25, -0.2) is 0 Å². The predicted molar refractivity (Wildman–Crippen MR) is 61.0 cm³/mol. The Morgan fingerprint density at radius 1 is 1.24 bits per heavy atom. The van der Waals surface area contributed by atoms with E-state index in [1.807, 2.05) is 30.3 Å². The van der Waals surface area contributed by atoms with Crippen molar-refractivity contribution in [2.75, 3.05) is 13.2 Å². The SMILES string of the molecule is O[CH-]C(O)C(CO)CNCc1ccccc1.[Zn]. The van der Waals surface area contributed by atoms with Gasteiger partial charge in [-0.1, -0.05) is 30.3 Å². The Morgan fingerprint density at radius 3 is 2.41 bits per heavy atom. The molecule has 0 bridgehead atoms. The normalized spacial score (nSPS) is 13.8. The summed E-state index contributed by atoms with van der Waals surface area (Å²) >= 11 is 0. The van der Waals surface area contributed by atoms with Crippen molar-refractivity contribution in [3.8, 4) is 0 Å². The average Bonchev–Trinajstić information content (AvgIpc) is 2.35. The molecule has 0 aliphatic carbocycles. The Bertz CT molecular complexity index is 284. The van der Waals surface area contributed by atoms with Crippen LogP contribution in [0.2, 0.25) is 0 Å². The first kappa shape index (κ1) is 16.7. The number of aliphatic hydroxyl groups excluding tert-OH is 3. The van der Waals surface area contributed by atoms with Gasteiger partial charge in [0.2, 0.25) is 0 Å². The summed E-state index contributed by atoms with van der Waals surface area (Å²) in [6.07, 6.45) is -0.992. The number of aliphatic hydroxyl groups is 3. The Kier molecular flexibility index (Phi) is 9.51. The zero-order chi connectivity index (χ0) is 11.8. The van der Waals surface area contributed by atoms with Gasteiger partial charge >= 0.3 is 0 Å². The smallest absolute Gasteiger partial charge is 0.0470 e. The molecule has 1 aromatic rings. The van der Waals surface area contributed by atoms with E-state index >= 15 is 0 Å². The minimum absolute atomic E-state index is 0. The minimum atomic E-state index is -0.992. The van der Waals surface area contributed by atoms with Gasteiger partial charge in [0.25, 0.3) is 0 Å². The molecule has 4 N–H and O–H groups in total. The van der Waals surface area contributed by atoms with Crippen molar-refractivity contribution in [2.24, 2.45) is 5.92 Å². The van der Waals surface area contributed by atoms with Gasteiger partial charge in [-0.2, -0.15) is 6.61 Å². The number of benzene rings is 1. The molecule has 0 amide bonds. The van der Waals surface area contributed by atoms with Crippen LogP contribution in [0.3, 0.4) is 0 Å². The second kappa shape index (κ2) is 9.69. The zero-order valence-electron chi connectivity index (χ0n) is 9.79. The second-order valence-electron chi connectivity index (χ2n) is 3.70. The molecule has 0 aliphatic rings. The standard InChI is InChI=1S/C12H18NO3.Zn/c14-8-11(12(16)9-15)7-13-6-10-4-2-1-3-5-10;/h1-5,9,11-16H,6-8H2;/q-1;. The summed E-state index contributed by atoms with van der Waals surface area (Å²) < 4.78 is 0. The molecule has 2 unspecified atom stereocenters. The van der Waals surface area contributed by atoms with Crippen LogP contribution in [-0.4, -0.2) is 34.6 Å². The van der Waals surface area contributed by atoms with Crippen molar-refractivity contribution >= 4 is 0 Å². The van der Waals surface area contributed by atoms with E-state index in [0.717, 1.165) is 5.56 Å². The summed E-state index contributed by atoms with van der Waals surface area (Å²) in [7, 11) is 0. The van der Waals surface area contributed by atoms with Crippen LogP contribution in [-0.2, 0) is 26.0 Å². The summed E-state index contributed by atoms with van der Waals surface area (Å²) in [5, 5.41) is 30.1. The van der Waals surface area contributed by atoms with Crippen LogP contribution >= 0.6 is 0 Å². The number of hydrogen-bond donors (Lipinski definition) is 4. The fourth-order valence-electron chi connectivity index (χ4n) is 1.41. The first-order valence-electron chi connectivity index (χ1n) is 5.29. The van der Waals surface area contributed by atoms with E-state index in [0.29, 0.717) is 19.7 Å². The van der Waals surface area contributed by atoms with Gasteiger partial charge in [-0.05, 0) is 17.6 Å². The largest absolute Gasteiger partial charge is 0.563 e. The van der Waals surface area contributed by atoms with Crippen LogP contribution in [0.5, 0.6) is 0 Å². The summed E-state index contributed by atoms with van der Waals surface area (Å²) in [5.41, 5.74) is 1.14. The Balaban J connectivity index is 0.00000256. The van der Waals surface area contributed by atoms with E-state index in [2.05, 4.69) is 5.32 Å². The number of rotatable bonds is 7. The molecule has 0 fully saturated rings. The summed E-state index contributed by atoms with van der Waals surface area (Å²) in [4.78, 5) is 0. The summed E-state index contributed by atoms with van der Waals surface area (Å²) in [6.45, 7) is 1.66. The van der Waals surface area contributed by atoms with E-state index in [4.69, 9.17) is 10.2 Å². The van der Waals surface area contributed by atoms with Crippen LogP contribution in [0.4, 0.5) is 0 Å². The molecule has 0 saturated carbocycles. The quantitative estimate of drug-likeness (QED) is 0.430. The number of nitrogens with one attached hydrogen (secondary N) is 1. The predicted octanol–water partition coefficient (Wildman–Crippen LogP) is 0.277. The molecule has 0 saturated heterocycles. The third kappa shape index (κ3) is 6.25. The third-order valence-corrected chi connectivity index (χ3v) is 2.45. The van der Waals surface area contributed by atoms with Gasteiger partial charge < -0.3 is 20.6 Å². The molecule has 92 valence electrons. The Labute approximate surface area is 114 Å². The fourth-order valence-corrected chi connectivity index (χ4v) is 1.41. The van der Waals surface area contributed by atoms with Crippen LogP contribution in [0.25, 0.3) is 0 Å². The minimum Gasteiger partial charge on any atom is -0.563 e. The van der Waals surface area contributed by atoms with Crippen molar-refractivity contribution in [3.63, 3.8) is 0 Å². The Morgan fingerprint density at radius 2 is 1.88 bits per heavy atom. The van der Waals surface area contributed by atoms with Crippen molar-refractivity contribution in [3.05, 3.63) is 42.5 Å². The van der Waals surface area contributed by atoms with Crippen LogP contribution in [0.15, 0.2) is 30.3 Å². The maximum Gasteiger partial charge on any atom is 0.0470 e. The first-order chi connectivity index (χ1) is 7.77.